The lowest BCUT2D eigenvalue weighted by Crippen LogP contribution is -2.61. The van der Waals surface area contributed by atoms with E-state index in [0.717, 1.165) is 53.0 Å². The van der Waals surface area contributed by atoms with Crippen LogP contribution in [0.2, 0.25) is 0 Å². The highest BCUT2D eigenvalue weighted by Gasteiger charge is 2.43. The van der Waals surface area contributed by atoms with Crippen molar-refractivity contribution in [2.75, 3.05) is 19.3 Å². The lowest BCUT2D eigenvalue weighted by atomic mass is 9.79. The number of alkyl halides is 1. The van der Waals surface area contributed by atoms with Gasteiger partial charge in [-0.25, -0.2) is 9.37 Å². The van der Waals surface area contributed by atoms with Gasteiger partial charge in [0.1, 0.15) is 11.3 Å². The van der Waals surface area contributed by atoms with Crippen LogP contribution in [-0.2, 0) is 6.54 Å². The van der Waals surface area contributed by atoms with Crippen LogP contribution in [0.4, 0.5) is 4.39 Å². The third kappa shape index (κ3) is 5.02. The zero-order chi connectivity index (χ0) is 27.2. The van der Waals surface area contributed by atoms with E-state index >= 15 is 0 Å². The Morgan fingerprint density at radius 2 is 2.00 bits per heavy atom. The number of rotatable bonds is 7. The van der Waals surface area contributed by atoms with Crippen molar-refractivity contribution in [3.8, 4) is 0 Å². The molecule has 1 atom stereocenters. The number of carbonyl (C=O) groups is 1. The summed E-state index contributed by atoms with van der Waals surface area (Å²) in [6, 6.07) is 6.40. The van der Waals surface area contributed by atoms with Crippen molar-refractivity contribution in [3.05, 3.63) is 57.3 Å². The second-order valence-electron chi connectivity index (χ2n) is 11.3. The number of carbonyl (C=O) groups excluding carboxylic acids is 1. The van der Waals surface area contributed by atoms with Gasteiger partial charge in [-0.3, -0.25) is 14.5 Å². The second-order valence-corrected chi connectivity index (χ2v) is 12.2. The number of nitrogens with zero attached hydrogens (tertiary/aromatic N) is 3. The monoisotopic (exact) mass is 539 g/mol. The number of amides is 1. The molecule has 1 aliphatic carbocycles. The summed E-state index contributed by atoms with van der Waals surface area (Å²) >= 11 is 1.50. The molecule has 1 saturated carbocycles. The van der Waals surface area contributed by atoms with Gasteiger partial charge in [0.05, 0.1) is 5.56 Å². The third-order valence-corrected chi connectivity index (χ3v) is 9.33. The molecule has 9 heteroatoms. The Hall–Kier alpha value is -2.65. The van der Waals surface area contributed by atoms with Gasteiger partial charge in [0.2, 0.25) is 0 Å². The maximum Gasteiger partial charge on any atom is 0.254 e. The van der Waals surface area contributed by atoms with Crippen LogP contribution in [0.3, 0.4) is 0 Å². The molecule has 2 N–H and O–H groups in total. The van der Waals surface area contributed by atoms with Crippen molar-refractivity contribution < 1.29 is 9.18 Å². The first-order valence-electron chi connectivity index (χ1n) is 13.5. The van der Waals surface area contributed by atoms with Crippen LogP contribution in [0.25, 0.3) is 11.0 Å². The minimum absolute atomic E-state index is 0.158. The molecule has 38 heavy (non-hydrogen) atoms. The van der Waals surface area contributed by atoms with Crippen molar-refractivity contribution in [1.82, 2.24) is 24.8 Å². The van der Waals surface area contributed by atoms with Crippen LogP contribution < -0.4 is 10.9 Å². The van der Waals surface area contributed by atoms with E-state index in [1.54, 1.807) is 13.1 Å². The van der Waals surface area contributed by atoms with Crippen LogP contribution in [-0.4, -0.2) is 56.4 Å². The summed E-state index contributed by atoms with van der Waals surface area (Å²) < 4.78 is 16.2. The average Bonchev–Trinajstić information content (AvgIpc) is 3.17. The number of hydrogen-bond acceptors (Lipinski definition) is 5. The van der Waals surface area contributed by atoms with Gasteiger partial charge < -0.3 is 14.9 Å². The van der Waals surface area contributed by atoms with Gasteiger partial charge in [0, 0.05) is 65.1 Å². The number of fused-ring (bicyclic) bond motifs is 1. The molecule has 3 aromatic rings. The quantitative estimate of drug-likeness (QED) is 0.406. The topological polar surface area (TPSA) is 83.0 Å². The Morgan fingerprint density at radius 3 is 2.66 bits per heavy atom. The van der Waals surface area contributed by atoms with E-state index < -0.39 is 5.67 Å². The summed E-state index contributed by atoms with van der Waals surface area (Å²) in [5, 5.41) is 3.83. The molecule has 0 spiro atoms. The number of aromatic amines is 1. The van der Waals surface area contributed by atoms with Crippen molar-refractivity contribution >= 4 is 28.7 Å². The van der Waals surface area contributed by atoms with Gasteiger partial charge in [0.15, 0.2) is 0 Å². The fourth-order valence-electron chi connectivity index (χ4n) is 6.55. The van der Waals surface area contributed by atoms with Crippen LogP contribution in [0.5, 0.6) is 0 Å². The highest BCUT2D eigenvalue weighted by Crippen LogP contribution is 2.40. The number of aromatic nitrogens is 3. The largest absolute Gasteiger partial charge is 0.348 e. The molecule has 2 aliphatic rings. The second kappa shape index (κ2) is 10.5. The minimum atomic E-state index is -1.03. The van der Waals surface area contributed by atoms with Crippen molar-refractivity contribution in [2.24, 2.45) is 5.92 Å². The van der Waals surface area contributed by atoms with Crippen molar-refractivity contribution in [3.63, 3.8) is 0 Å². The fraction of sp³-hybridized carbons (Fsp3) is 0.552. The number of likely N-dealkylation sites (tertiary alicyclic amines) is 1. The number of aryl methyl sites for hydroxylation is 1. The molecule has 0 aromatic carbocycles. The van der Waals surface area contributed by atoms with E-state index in [9.17, 15) is 14.0 Å². The summed E-state index contributed by atoms with van der Waals surface area (Å²) in [5.41, 5.74) is 2.49. The summed E-state index contributed by atoms with van der Waals surface area (Å²) in [5.74, 6) is 0.265. The highest BCUT2D eigenvalue weighted by molar-refractivity contribution is 7.98. The van der Waals surface area contributed by atoms with E-state index in [0.29, 0.717) is 36.2 Å². The molecule has 0 bridgehead atoms. The van der Waals surface area contributed by atoms with Gasteiger partial charge in [-0.05, 0) is 83.8 Å². The van der Waals surface area contributed by atoms with E-state index in [1.165, 1.54) is 11.8 Å². The van der Waals surface area contributed by atoms with Gasteiger partial charge in [-0.2, -0.15) is 0 Å². The third-order valence-electron chi connectivity index (χ3n) is 8.52. The predicted molar refractivity (Wildman–Crippen MR) is 151 cm³/mol. The fourth-order valence-corrected chi connectivity index (χ4v) is 7.26. The molecule has 2 fully saturated rings. The smallest absolute Gasteiger partial charge is 0.254 e. The van der Waals surface area contributed by atoms with E-state index in [2.05, 4.69) is 31.7 Å². The summed E-state index contributed by atoms with van der Waals surface area (Å²) in [6.07, 6.45) is 8.01. The molecule has 4 heterocycles. The Balaban J connectivity index is 1.35. The summed E-state index contributed by atoms with van der Waals surface area (Å²) in [4.78, 5) is 36.8. The molecule has 5 rings (SSSR count). The number of H-pyrrole nitrogens is 1. The summed E-state index contributed by atoms with van der Waals surface area (Å²) in [6.45, 7) is 9.03. The van der Waals surface area contributed by atoms with Gasteiger partial charge in [0.25, 0.3) is 11.5 Å². The Kier molecular flexibility index (Phi) is 7.44. The van der Waals surface area contributed by atoms with Crippen molar-refractivity contribution in [2.45, 2.75) is 82.6 Å². The first kappa shape index (κ1) is 26.9. The molecule has 204 valence electrons. The Bertz CT molecular complexity index is 1400. The van der Waals surface area contributed by atoms with Crippen LogP contribution in [0, 0.1) is 19.8 Å². The zero-order valence-corrected chi connectivity index (χ0v) is 23.8. The van der Waals surface area contributed by atoms with E-state index in [1.807, 2.05) is 38.3 Å². The maximum atomic E-state index is 14.0. The van der Waals surface area contributed by atoms with E-state index in [-0.39, 0.29) is 24.1 Å². The SMILES string of the molecule is CSc1cc(C)[nH]c(=O)c1CNC(=O)c1c(C)n([C@H](C)C2CCC(N3CC(C)(F)C3)CC2)c2ncccc12. The van der Waals surface area contributed by atoms with Gasteiger partial charge in [-0.15, -0.1) is 11.8 Å². The van der Waals surface area contributed by atoms with Gasteiger partial charge in [-0.1, -0.05) is 0 Å². The lowest BCUT2D eigenvalue weighted by Gasteiger charge is -2.49. The minimum Gasteiger partial charge on any atom is -0.348 e. The first-order valence-corrected chi connectivity index (χ1v) is 14.8. The molecule has 7 nitrogen and oxygen atoms in total. The standard InChI is InChI=1S/C29H38FN5O2S/c1-17-13-24(38-5)23(27(36)33-17)14-32-28(37)25-19(3)35(26-22(25)7-6-12-31-26)18(2)20-8-10-21(11-9-20)34-15-29(4,30)16-34/h6-7,12-13,18,20-21H,8-11,14-16H2,1-5H3,(H,32,37)(H,33,36)/t18-,20?,21?/m1/s1. The molecule has 1 amide bonds. The number of hydrogen-bond donors (Lipinski definition) is 2. The highest BCUT2D eigenvalue weighted by atomic mass is 32.2. The Labute approximate surface area is 227 Å². The van der Waals surface area contributed by atoms with Gasteiger partial charge >= 0.3 is 0 Å². The molecule has 1 saturated heterocycles. The average molecular weight is 540 g/mol. The maximum absolute atomic E-state index is 14.0. The Morgan fingerprint density at radius 1 is 1.29 bits per heavy atom. The normalized spacial score (nSPS) is 22.3. The zero-order valence-electron chi connectivity index (χ0n) is 22.9. The molecule has 3 aromatic heterocycles. The lowest BCUT2D eigenvalue weighted by molar-refractivity contribution is -0.0567. The van der Waals surface area contributed by atoms with Crippen molar-refractivity contribution in [1.29, 1.82) is 0 Å². The van der Waals surface area contributed by atoms with Crippen LogP contribution in [0.1, 0.15) is 72.9 Å². The number of thioether (sulfide) groups is 1. The number of pyridine rings is 2. The van der Waals surface area contributed by atoms with Crippen LogP contribution >= 0.6 is 11.8 Å². The number of nitrogens with one attached hydrogen (secondary N) is 2. The van der Waals surface area contributed by atoms with Crippen LogP contribution in [0.15, 0.2) is 34.1 Å². The molecule has 1 aliphatic heterocycles. The molecular formula is C29H38FN5O2S. The number of halogens is 1. The molecular weight excluding hydrogens is 501 g/mol. The summed E-state index contributed by atoms with van der Waals surface area (Å²) in [7, 11) is 0. The molecule has 0 unspecified atom stereocenters. The first-order chi connectivity index (χ1) is 18.1. The van der Waals surface area contributed by atoms with E-state index in [4.69, 9.17) is 0 Å². The molecule has 0 radical (unpaired) electrons. The predicted octanol–water partition coefficient (Wildman–Crippen LogP) is 5.16.